The van der Waals surface area contributed by atoms with E-state index in [4.69, 9.17) is 4.42 Å². The summed E-state index contributed by atoms with van der Waals surface area (Å²) in [6, 6.07) is 20.5. The quantitative estimate of drug-likeness (QED) is 0.476. The van der Waals surface area contributed by atoms with Crippen LogP contribution >= 0.6 is 0 Å². The zero-order chi connectivity index (χ0) is 22.1. The van der Waals surface area contributed by atoms with Crippen LogP contribution in [-0.2, 0) is 6.54 Å². The molecule has 158 valence electrons. The van der Waals surface area contributed by atoms with Gasteiger partial charge in [-0.25, -0.2) is 4.98 Å². The van der Waals surface area contributed by atoms with E-state index in [2.05, 4.69) is 15.6 Å². The normalized spacial score (nSPS) is 12.2. The molecule has 32 heavy (non-hydrogen) atoms. The summed E-state index contributed by atoms with van der Waals surface area (Å²) in [7, 11) is 0. The molecule has 2 aromatic carbocycles. The summed E-state index contributed by atoms with van der Waals surface area (Å²) in [4.78, 5) is 31.8. The van der Waals surface area contributed by atoms with Crippen LogP contribution in [0.25, 0.3) is 0 Å². The van der Waals surface area contributed by atoms with Gasteiger partial charge in [0, 0.05) is 11.9 Å². The van der Waals surface area contributed by atoms with Gasteiger partial charge in [0.1, 0.15) is 11.6 Å². The van der Waals surface area contributed by atoms with Crippen LogP contribution in [0.4, 0.5) is 22.9 Å². The Balaban J connectivity index is 1.41. The summed E-state index contributed by atoms with van der Waals surface area (Å²) < 4.78 is 5.17. The standard InChI is InChI=1S/C25H20N4O3/c1-16-19(12-13-32-16)24(30)28-23-11-10-17(14-26-23)25(31)29-15-18-6-2-3-7-20(18)27-21-8-4-5-9-22(21)29/h2-14,27H,15H2,1H3,(H,26,28,30). The van der Waals surface area contributed by atoms with E-state index in [1.807, 2.05) is 48.5 Å². The van der Waals surface area contributed by atoms with Crippen molar-refractivity contribution in [3.63, 3.8) is 0 Å². The predicted octanol–water partition coefficient (Wildman–Crippen LogP) is 5.14. The second-order valence-corrected chi connectivity index (χ2v) is 7.47. The lowest BCUT2D eigenvalue weighted by Gasteiger charge is -2.22. The Labute approximate surface area is 184 Å². The summed E-state index contributed by atoms with van der Waals surface area (Å²) in [5.41, 5.74) is 4.51. The van der Waals surface area contributed by atoms with Gasteiger partial charge in [-0.15, -0.1) is 0 Å². The molecule has 3 heterocycles. The number of furan rings is 1. The second-order valence-electron chi connectivity index (χ2n) is 7.47. The van der Waals surface area contributed by atoms with Crippen molar-refractivity contribution in [3.05, 3.63) is 102 Å². The van der Waals surface area contributed by atoms with Crippen molar-refractivity contribution in [3.8, 4) is 0 Å². The average Bonchev–Trinajstić information content (AvgIpc) is 3.17. The van der Waals surface area contributed by atoms with Gasteiger partial charge in [-0.05, 0) is 48.9 Å². The molecule has 5 rings (SSSR count). The number of para-hydroxylation sites is 3. The highest BCUT2D eigenvalue weighted by molar-refractivity contribution is 6.09. The molecular weight excluding hydrogens is 404 g/mol. The summed E-state index contributed by atoms with van der Waals surface area (Å²) in [5, 5.41) is 6.15. The lowest BCUT2D eigenvalue weighted by atomic mass is 10.1. The number of carbonyl (C=O) groups excluding carboxylic acids is 2. The molecule has 7 heteroatoms. The number of benzene rings is 2. The first-order valence-corrected chi connectivity index (χ1v) is 10.2. The monoisotopic (exact) mass is 424 g/mol. The molecule has 1 aliphatic rings. The average molecular weight is 424 g/mol. The predicted molar refractivity (Wildman–Crippen MR) is 122 cm³/mol. The Bertz CT molecular complexity index is 1310. The summed E-state index contributed by atoms with van der Waals surface area (Å²) in [6.07, 6.45) is 2.94. The number of fused-ring (bicyclic) bond motifs is 2. The second kappa shape index (κ2) is 8.03. The van der Waals surface area contributed by atoms with Crippen molar-refractivity contribution in [2.24, 2.45) is 0 Å². The Kier molecular flexibility index (Phi) is 4.91. The topological polar surface area (TPSA) is 87.5 Å². The van der Waals surface area contributed by atoms with E-state index in [-0.39, 0.29) is 11.8 Å². The molecule has 2 amide bonds. The van der Waals surface area contributed by atoms with Gasteiger partial charge >= 0.3 is 0 Å². The number of amides is 2. The van der Waals surface area contributed by atoms with Crippen LogP contribution in [0.3, 0.4) is 0 Å². The number of aromatic nitrogens is 1. The number of pyridine rings is 1. The maximum Gasteiger partial charge on any atom is 0.260 e. The molecule has 0 unspecified atom stereocenters. The number of aryl methyl sites for hydroxylation is 1. The molecule has 2 aromatic heterocycles. The van der Waals surface area contributed by atoms with E-state index < -0.39 is 0 Å². The SMILES string of the molecule is Cc1occc1C(=O)Nc1ccc(C(=O)N2Cc3ccccc3Nc3ccccc32)cn1. The Morgan fingerprint density at radius 1 is 1.00 bits per heavy atom. The minimum absolute atomic E-state index is 0.174. The first-order chi connectivity index (χ1) is 15.6. The Morgan fingerprint density at radius 3 is 2.53 bits per heavy atom. The van der Waals surface area contributed by atoms with Crippen LogP contribution < -0.4 is 15.5 Å². The zero-order valence-corrected chi connectivity index (χ0v) is 17.3. The molecule has 0 bridgehead atoms. The van der Waals surface area contributed by atoms with Gasteiger partial charge in [0.15, 0.2) is 0 Å². The number of carbonyl (C=O) groups is 2. The van der Waals surface area contributed by atoms with Gasteiger partial charge in [0.25, 0.3) is 11.8 Å². The van der Waals surface area contributed by atoms with E-state index in [0.29, 0.717) is 29.2 Å². The van der Waals surface area contributed by atoms with Crippen LogP contribution in [0.2, 0.25) is 0 Å². The molecule has 1 aliphatic heterocycles. The lowest BCUT2D eigenvalue weighted by Crippen LogP contribution is -2.30. The van der Waals surface area contributed by atoms with Crippen molar-refractivity contribution in [2.45, 2.75) is 13.5 Å². The highest BCUT2D eigenvalue weighted by Gasteiger charge is 2.25. The third-order valence-corrected chi connectivity index (χ3v) is 5.41. The Morgan fingerprint density at radius 2 is 1.78 bits per heavy atom. The van der Waals surface area contributed by atoms with Gasteiger partial charge in [-0.3, -0.25) is 9.59 Å². The molecular formula is C25H20N4O3. The molecule has 0 radical (unpaired) electrons. The minimum atomic E-state index is -0.313. The molecule has 7 nitrogen and oxygen atoms in total. The van der Waals surface area contributed by atoms with E-state index in [9.17, 15) is 9.59 Å². The molecule has 0 aliphatic carbocycles. The third-order valence-electron chi connectivity index (χ3n) is 5.41. The molecule has 2 N–H and O–H groups in total. The smallest absolute Gasteiger partial charge is 0.260 e. The number of nitrogens with one attached hydrogen (secondary N) is 2. The van der Waals surface area contributed by atoms with Crippen molar-refractivity contribution in [2.75, 3.05) is 15.5 Å². The van der Waals surface area contributed by atoms with Crippen molar-refractivity contribution < 1.29 is 14.0 Å². The first kappa shape index (κ1) is 19.6. The van der Waals surface area contributed by atoms with Crippen LogP contribution in [0.15, 0.2) is 83.6 Å². The third kappa shape index (κ3) is 3.60. The summed E-state index contributed by atoms with van der Waals surface area (Å²) >= 11 is 0. The van der Waals surface area contributed by atoms with Gasteiger partial charge in [0.05, 0.1) is 35.3 Å². The number of hydrogen-bond acceptors (Lipinski definition) is 5. The van der Waals surface area contributed by atoms with Gasteiger partial charge < -0.3 is 20.0 Å². The van der Waals surface area contributed by atoms with Crippen molar-refractivity contribution >= 4 is 34.7 Å². The highest BCUT2D eigenvalue weighted by atomic mass is 16.3. The fourth-order valence-electron chi connectivity index (χ4n) is 3.73. The number of hydrogen-bond donors (Lipinski definition) is 2. The maximum absolute atomic E-state index is 13.4. The molecule has 0 fully saturated rings. The number of nitrogens with zero attached hydrogens (tertiary/aromatic N) is 2. The van der Waals surface area contributed by atoms with Gasteiger partial charge in [0.2, 0.25) is 0 Å². The van der Waals surface area contributed by atoms with E-state index in [0.717, 1.165) is 22.6 Å². The highest BCUT2D eigenvalue weighted by Crippen LogP contribution is 2.36. The molecule has 0 spiro atoms. The molecule has 0 atom stereocenters. The van der Waals surface area contributed by atoms with Crippen molar-refractivity contribution in [1.29, 1.82) is 0 Å². The fraction of sp³-hybridized carbons (Fsp3) is 0.0800. The van der Waals surface area contributed by atoms with E-state index >= 15 is 0 Å². The Hall–Kier alpha value is -4.39. The van der Waals surface area contributed by atoms with Crippen LogP contribution in [0, 0.1) is 6.92 Å². The van der Waals surface area contributed by atoms with E-state index in [1.54, 1.807) is 30.0 Å². The van der Waals surface area contributed by atoms with Gasteiger partial charge in [-0.1, -0.05) is 30.3 Å². The lowest BCUT2D eigenvalue weighted by molar-refractivity contribution is 0.0984. The van der Waals surface area contributed by atoms with Gasteiger partial charge in [-0.2, -0.15) is 0 Å². The molecule has 4 aromatic rings. The van der Waals surface area contributed by atoms with E-state index in [1.165, 1.54) is 12.5 Å². The largest absolute Gasteiger partial charge is 0.469 e. The fourth-order valence-corrected chi connectivity index (χ4v) is 3.73. The first-order valence-electron chi connectivity index (χ1n) is 10.2. The van der Waals surface area contributed by atoms with Crippen molar-refractivity contribution in [1.82, 2.24) is 4.98 Å². The summed E-state index contributed by atoms with van der Waals surface area (Å²) in [5.74, 6) is 0.400. The van der Waals surface area contributed by atoms with Crippen LogP contribution in [0.5, 0.6) is 0 Å². The number of rotatable bonds is 3. The van der Waals surface area contributed by atoms with Crippen LogP contribution in [0.1, 0.15) is 32.0 Å². The number of anilines is 4. The molecule has 0 saturated carbocycles. The maximum atomic E-state index is 13.4. The van der Waals surface area contributed by atoms with Crippen LogP contribution in [-0.4, -0.2) is 16.8 Å². The zero-order valence-electron chi connectivity index (χ0n) is 17.3. The summed E-state index contributed by atoms with van der Waals surface area (Å²) in [6.45, 7) is 2.15. The molecule has 0 saturated heterocycles. The minimum Gasteiger partial charge on any atom is -0.469 e.